The van der Waals surface area contributed by atoms with Crippen LogP contribution in [-0.2, 0) is 55.8 Å². The fourth-order valence-corrected chi connectivity index (χ4v) is 10.3. The maximum atomic E-state index is 12.9. The number of hydrogen-bond donors (Lipinski definition) is 4. The molecule has 0 aliphatic rings. The van der Waals surface area contributed by atoms with Crippen molar-refractivity contribution in [2.75, 3.05) is 39.6 Å². The molecule has 5 atom stereocenters. The predicted octanol–water partition coefficient (Wildman–Crippen LogP) is 18.3. The Kier molecular flexibility index (Phi) is 60.1. The Bertz CT molecular complexity index is 1980. The molecule has 0 aromatic rings. The third kappa shape index (κ3) is 63.8. The Hall–Kier alpha value is -3.53. The van der Waals surface area contributed by atoms with Gasteiger partial charge in [0.1, 0.15) is 25.4 Å². The van der Waals surface area contributed by atoms with Crippen molar-refractivity contribution in [2.24, 2.45) is 0 Å². The molecule has 0 bridgehead atoms. The van der Waals surface area contributed by atoms with Crippen LogP contribution < -0.4 is 0 Å². The summed E-state index contributed by atoms with van der Waals surface area (Å²) in [5.74, 6) is -1.61. The number of esters is 3. The van der Waals surface area contributed by atoms with E-state index in [1.165, 1.54) is 38.5 Å². The molecule has 0 aromatic heterocycles. The van der Waals surface area contributed by atoms with Gasteiger partial charge in [0.05, 0.1) is 26.4 Å². The second-order valence-corrected chi connectivity index (χ2v) is 25.1. The molecule has 0 rings (SSSR count). The Balaban J connectivity index is 4.69. The summed E-state index contributed by atoms with van der Waals surface area (Å²) >= 11 is 0. The molecule has 0 aromatic carbocycles. The molecule has 87 heavy (non-hydrogen) atoms. The average Bonchev–Trinajstić information content (AvgIpc) is 3.68. The number of allylic oxidation sites excluding steroid dienone is 16. The van der Waals surface area contributed by atoms with Crippen LogP contribution >= 0.6 is 15.6 Å². The van der Waals surface area contributed by atoms with E-state index in [4.69, 9.17) is 32.3 Å². The SMILES string of the molecule is CC/C=C\C/C=C\C/C=C\C/C=C\CCCCCCCCC(=O)OCC(O)COP(=O)(O)OCC(O)COP(=O)(O)OCC(COC(=O)CCCCCCCCC/C=C\C/C=C\C/C=C\CC)OC(=O)CCCCCCC/C=C\CCCCCCCC. The minimum Gasteiger partial charge on any atom is -0.463 e. The first kappa shape index (κ1) is 83.5. The standard InChI is InChI=1S/C69H120O16P2/c1-4-7-10-13-16-19-22-25-28-30-31-33-36-37-40-43-46-49-52-55-67(72)79-58-64(70)59-81-86(75,76)82-60-65(71)61-83-87(77,78)84-63-66(85-69(74)57-54-51-48-45-42-39-34-27-24-21-18-15-12-9-6-3)62-80-68(73)56-53-50-47-44-41-38-35-32-29-26-23-20-17-14-11-8-5-2/h7-8,10-11,16-17,19-20,25-29,31,33-34,64-66,70-71H,4-6,9,12-15,18,21-24,30,32,35-63H2,1-3H3,(H,75,76)(H,77,78)/b10-7-,11-8-,19-16-,20-17-,28-25-,29-26-,33-31-,34-27-. The van der Waals surface area contributed by atoms with Crippen LogP contribution in [0.15, 0.2) is 97.2 Å². The second kappa shape index (κ2) is 62.7. The van der Waals surface area contributed by atoms with Crippen LogP contribution in [0, 0.1) is 0 Å². The van der Waals surface area contributed by atoms with E-state index < -0.39 is 91.5 Å². The van der Waals surface area contributed by atoms with Gasteiger partial charge in [0.15, 0.2) is 6.10 Å². The van der Waals surface area contributed by atoms with Gasteiger partial charge in [0, 0.05) is 19.3 Å². The summed E-state index contributed by atoms with van der Waals surface area (Å²) in [5.41, 5.74) is 0. The molecule has 0 fully saturated rings. The zero-order chi connectivity index (χ0) is 63.8. The second-order valence-electron chi connectivity index (χ2n) is 22.2. The lowest BCUT2D eigenvalue weighted by atomic mass is 10.1. The van der Waals surface area contributed by atoms with Crippen LogP contribution in [0.3, 0.4) is 0 Å². The van der Waals surface area contributed by atoms with Gasteiger partial charge in [-0.25, -0.2) is 9.13 Å². The highest BCUT2D eigenvalue weighted by atomic mass is 31.2. The normalized spacial score (nSPS) is 14.9. The zero-order valence-corrected chi connectivity index (χ0v) is 56.0. The minimum atomic E-state index is -4.93. The lowest BCUT2D eigenvalue weighted by Crippen LogP contribution is -2.30. The molecule has 5 unspecified atom stereocenters. The number of ether oxygens (including phenoxy) is 3. The molecule has 0 spiro atoms. The first-order valence-electron chi connectivity index (χ1n) is 33.5. The van der Waals surface area contributed by atoms with Crippen molar-refractivity contribution >= 4 is 33.6 Å². The zero-order valence-electron chi connectivity index (χ0n) is 54.2. The van der Waals surface area contributed by atoms with Crippen molar-refractivity contribution in [2.45, 2.75) is 283 Å². The van der Waals surface area contributed by atoms with E-state index in [2.05, 4.69) is 118 Å². The van der Waals surface area contributed by atoms with Crippen LogP contribution in [0.2, 0.25) is 0 Å². The molecule has 0 saturated heterocycles. The molecule has 4 N–H and O–H groups in total. The number of phosphoric ester groups is 2. The molecule has 0 heterocycles. The van der Waals surface area contributed by atoms with Gasteiger partial charge in [-0.05, 0) is 116 Å². The fraction of sp³-hybridized carbons (Fsp3) is 0.725. The smallest absolute Gasteiger partial charge is 0.463 e. The van der Waals surface area contributed by atoms with Gasteiger partial charge in [-0.1, -0.05) is 227 Å². The lowest BCUT2D eigenvalue weighted by molar-refractivity contribution is -0.161. The minimum absolute atomic E-state index is 0.0918. The summed E-state index contributed by atoms with van der Waals surface area (Å²) in [5, 5.41) is 20.5. The van der Waals surface area contributed by atoms with Gasteiger partial charge >= 0.3 is 33.6 Å². The quantitative estimate of drug-likeness (QED) is 0.0146. The first-order chi connectivity index (χ1) is 42.2. The van der Waals surface area contributed by atoms with Gasteiger partial charge < -0.3 is 34.2 Å². The highest BCUT2D eigenvalue weighted by molar-refractivity contribution is 7.47. The number of carbonyl (C=O) groups is 3. The molecular weight excluding hydrogens is 1150 g/mol. The Morgan fingerprint density at radius 2 is 0.609 bits per heavy atom. The summed E-state index contributed by atoms with van der Waals surface area (Å²) in [6, 6.07) is 0. The van der Waals surface area contributed by atoms with E-state index in [0.29, 0.717) is 19.3 Å². The van der Waals surface area contributed by atoms with Crippen LogP contribution in [0.4, 0.5) is 0 Å². The van der Waals surface area contributed by atoms with Crippen LogP contribution in [-0.4, -0.2) is 95.9 Å². The molecule has 0 radical (unpaired) electrons. The summed E-state index contributed by atoms with van der Waals surface area (Å²) in [6.45, 7) is 2.40. The van der Waals surface area contributed by atoms with Crippen LogP contribution in [0.25, 0.3) is 0 Å². The molecule has 18 heteroatoms. The summed E-state index contributed by atoms with van der Waals surface area (Å²) < 4.78 is 60.8. The van der Waals surface area contributed by atoms with Crippen molar-refractivity contribution in [3.05, 3.63) is 97.2 Å². The Morgan fingerprint density at radius 1 is 0.333 bits per heavy atom. The van der Waals surface area contributed by atoms with Crippen molar-refractivity contribution in [3.8, 4) is 0 Å². The van der Waals surface area contributed by atoms with Crippen molar-refractivity contribution in [1.82, 2.24) is 0 Å². The van der Waals surface area contributed by atoms with Gasteiger partial charge in [0.25, 0.3) is 0 Å². The number of aliphatic hydroxyl groups excluding tert-OH is 2. The Labute approximate surface area is 527 Å². The number of phosphoric acid groups is 2. The van der Waals surface area contributed by atoms with E-state index >= 15 is 0 Å². The van der Waals surface area contributed by atoms with E-state index in [1.807, 2.05) is 0 Å². The highest BCUT2D eigenvalue weighted by Gasteiger charge is 2.29. The maximum Gasteiger partial charge on any atom is 0.472 e. The molecule has 0 amide bonds. The number of aliphatic hydroxyl groups is 2. The van der Waals surface area contributed by atoms with Crippen molar-refractivity contribution in [1.29, 1.82) is 0 Å². The van der Waals surface area contributed by atoms with E-state index in [-0.39, 0.29) is 19.3 Å². The third-order valence-corrected chi connectivity index (χ3v) is 15.7. The maximum absolute atomic E-state index is 12.9. The van der Waals surface area contributed by atoms with Gasteiger partial charge in [-0.15, -0.1) is 0 Å². The van der Waals surface area contributed by atoms with Crippen LogP contribution in [0.5, 0.6) is 0 Å². The van der Waals surface area contributed by atoms with Crippen molar-refractivity contribution in [3.63, 3.8) is 0 Å². The fourth-order valence-electron chi connectivity index (χ4n) is 8.69. The van der Waals surface area contributed by atoms with Crippen LogP contribution in [0.1, 0.15) is 265 Å². The van der Waals surface area contributed by atoms with Crippen molar-refractivity contribution < 1.29 is 75.8 Å². The Morgan fingerprint density at radius 3 is 0.977 bits per heavy atom. The van der Waals surface area contributed by atoms with Gasteiger partial charge in [-0.2, -0.15) is 0 Å². The number of hydrogen-bond acceptors (Lipinski definition) is 14. The predicted molar refractivity (Wildman–Crippen MR) is 353 cm³/mol. The van der Waals surface area contributed by atoms with Gasteiger partial charge in [0.2, 0.25) is 0 Å². The number of unbranched alkanes of at least 4 members (excludes halogenated alkanes) is 24. The molecule has 0 aliphatic carbocycles. The third-order valence-electron chi connectivity index (χ3n) is 13.8. The average molecular weight is 1270 g/mol. The summed E-state index contributed by atoms with van der Waals surface area (Å²) in [6.07, 6.45) is 67.4. The molecule has 16 nitrogen and oxygen atoms in total. The summed E-state index contributed by atoms with van der Waals surface area (Å²) in [7, 11) is -9.78. The molecule has 0 saturated carbocycles. The summed E-state index contributed by atoms with van der Waals surface area (Å²) in [4.78, 5) is 58.3. The molecule has 0 aliphatic heterocycles. The van der Waals surface area contributed by atoms with E-state index in [0.717, 1.165) is 167 Å². The first-order valence-corrected chi connectivity index (χ1v) is 36.5. The number of carbonyl (C=O) groups excluding carboxylic acids is 3. The highest BCUT2D eigenvalue weighted by Crippen LogP contribution is 2.45. The van der Waals surface area contributed by atoms with E-state index in [9.17, 15) is 43.5 Å². The molecular formula is C69H120O16P2. The number of rotatable bonds is 63. The molecule has 502 valence electrons. The largest absolute Gasteiger partial charge is 0.472 e. The lowest BCUT2D eigenvalue weighted by Gasteiger charge is -2.21. The topological polar surface area (TPSA) is 231 Å². The monoisotopic (exact) mass is 1270 g/mol. The van der Waals surface area contributed by atoms with Gasteiger partial charge in [-0.3, -0.25) is 32.5 Å². The van der Waals surface area contributed by atoms with E-state index in [1.54, 1.807) is 0 Å².